The van der Waals surface area contributed by atoms with Crippen molar-refractivity contribution in [2.75, 3.05) is 5.32 Å². The Labute approximate surface area is 146 Å². The molecule has 0 bridgehead atoms. The van der Waals surface area contributed by atoms with Gasteiger partial charge in [-0.1, -0.05) is 11.6 Å². The number of nitrogens with zero attached hydrogens (tertiary/aromatic N) is 1. The van der Waals surface area contributed by atoms with Gasteiger partial charge < -0.3 is 19.6 Å². The molecule has 24 heavy (non-hydrogen) atoms. The number of aromatic carboxylic acids is 1. The van der Waals surface area contributed by atoms with Crippen LogP contribution in [0.3, 0.4) is 0 Å². The zero-order valence-electron chi connectivity index (χ0n) is 12.4. The van der Waals surface area contributed by atoms with Gasteiger partial charge in [0.1, 0.15) is 18.1 Å². The van der Waals surface area contributed by atoms with E-state index >= 15 is 0 Å². The number of ether oxygens (including phenoxy) is 1. The number of rotatable bonds is 7. The number of hydrogen-bond acceptors (Lipinski definition) is 6. The first-order valence-corrected chi connectivity index (χ1v) is 8.18. The number of benzene rings is 1. The quantitative estimate of drug-likeness (QED) is 0.651. The van der Waals surface area contributed by atoms with Gasteiger partial charge in [-0.15, -0.1) is 11.3 Å². The van der Waals surface area contributed by atoms with Crippen molar-refractivity contribution in [1.82, 2.24) is 4.98 Å². The second-order valence-corrected chi connectivity index (χ2v) is 6.51. The largest absolute Gasteiger partial charge is 0.486 e. The van der Waals surface area contributed by atoms with E-state index in [1.807, 2.05) is 24.3 Å². The number of anilines is 1. The van der Waals surface area contributed by atoms with Crippen molar-refractivity contribution in [3.05, 3.63) is 63.5 Å². The van der Waals surface area contributed by atoms with E-state index in [-0.39, 0.29) is 12.4 Å². The molecule has 3 aromatic rings. The molecule has 0 saturated carbocycles. The van der Waals surface area contributed by atoms with Gasteiger partial charge in [-0.3, -0.25) is 0 Å². The molecule has 0 aliphatic heterocycles. The SMILES string of the molecule is O=C(O)c1ccc(COc2ccc(NCc3cnc(Cl)s3)cc2)o1. The van der Waals surface area contributed by atoms with E-state index in [0.29, 0.717) is 22.5 Å². The molecular weight excluding hydrogens is 352 g/mol. The number of halogens is 1. The highest BCUT2D eigenvalue weighted by Gasteiger charge is 2.09. The van der Waals surface area contributed by atoms with Crippen LogP contribution < -0.4 is 10.1 Å². The Morgan fingerprint density at radius 1 is 1.29 bits per heavy atom. The summed E-state index contributed by atoms with van der Waals surface area (Å²) in [6.07, 6.45) is 1.74. The number of carboxylic acid groups (broad SMARTS) is 1. The molecule has 0 atom stereocenters. The maximum absolute atomic E-state index is 10.7. The number of carboxylic acids is 1. The molecule has 0 unspecified atom stereocenters. The van der Waals surface area contributed by atoms with Gasteiger partial charge in [0.2, 0.25) is 5.76 Å². The molecule has 8 heteroatoms. The number of nitrogens with one attached hydrogen (secondary N) is 1. The Kier molecular flexibility index (Phi) is 5.02. The van der Waals surface area contributed by atoms with E-state index in [1.54, 1.807) is 12.3 Å². The summed E-state index contributed by atoms with van der Waals surface area (Å²) in [5.74, 6) is -0.0819. The summed E-state index contributed by atoms with van der Waals surface area (Å²) in [6, 6.07) is 10.4. The standard InChI is InChI=1S/C16H13ClN2O4S/c17-16-19-8-13(24-16)7-18-10-1-3-11(4-2-10)22-9-12-5-6-14(23-12)15(20)21/h1-6,8,18H,7,9H2,(H,20,21). The van der Waals surface area contributed by atoms with Gasteiger partial charge in [0.15, 0.2) is 4.47 Å². The average molecular weight is 365 g/mol. The molecule has 0 fully saturated rings. The van der Waals surface area contributed by atoms with Crippen molar-refractivity contribution in [1.29, 1.82) is 0 Å². The Morgan fingerprint density at radius 2 is 2.08 bits per heavy atom. The van der Waals surface area contributed by atoms with Crippen LogP contribution in [0.1, 0.15) is 21.2 Å². The van der Waals surface area contributed by atoms with Gasteiger partial charge in [0.05, 0.1) is 6.54 Å². The van der Waals surface area contributed by atoms with Crippen LogP contribution in [0, 0.1) is 0 Å². The highest BCUT2D eigenvalue weighted by Crippen LogP contribution is 2.21. The van der Waals surface area contributed by atoms with Crippen molar-refractivity contribution in [2.45, 2.75) is 13.2 Å². The van der Waals surface area contributed by atoms with Gasteiger partial charge in [-0.25, -0.2) is 9.78 Å². The molecule has 0 radical (unpaired) electrons. The summed E-state index contributed by atoms with van der Waals surface area (Å²) >= 11 is 7.22. The molecule has 2 heterocycles. The second kappa shape index (κ2) is 7.37. The summed E-state index contributed by atoms with van der Waals surface area (Å²) in [4.78, 5) is 15.8. The molecule has 0 aliphatic rings. The van der Waals surface area contributed by atoms with E-state index in [9.17, 15) is 4.79 Å². The number of aromatic nitrogens is 1. The predicted octanol–water partition coefficient (Wildman–Crippen LogP) is 4.28. The minimum absolute atomic E-state index is 0.101. The van der Waals surface area contributed by atoms with Crippen molar-refractivity contribution < 1.29 is 19.1 Å². The highest BCUT2D eigenvalue weighted by molar-refractivity contribution is 7.15. The van der Waals surface area contributed by atoms with Crippen molar-refractivity contribution >= 4 is 34.6 Å². The molecule has 3 rings (SSSR count). The van der Waals surface area contributed by atoms with Crippen LogP contribution in [-0.2, 0) is 13.2 Å². The third kappa shape index (κ3) is 4.27. The molecule has 1 aromatic carbocycles. The smallest absolute Gasteiger partial charge is 0.371 e. The highest BCUT2D eigenvalue weighted by atomic mass is 35.5. The molecule has 6 nitrogen and oxygen atoms in total. The van der Waals surface area contributed by atoms with Crippen LogP contribution in [0.15, 0.2) is 47.0 Å². The fraction of sp³-hybridized carbons (Fsp3) is 0.125. The second-order valence-electron chi connectivity index (χ2n) is 4.82. The first-order valence-electron chi connectivity index (χ1n) is 6.99. The molecule has 0 saturated heterocycles. The van der Waals surface area contributed by atoms with Gasteiger partial charge in [0, 0.05) is 16.8 Å². The summed E-state index contributed by atoms with van der Waals surface area (Å²) in [5.41, 5.74) is 0.943. The first kappa shape index (κ1) is 16.4. The zero-order chi connectivity index (χ0) is 16.9. The molecule has 2 N–H and O–H groups in total. The Morgan fingerprint density at radius 3 is 2.71 bits per heavy atom. The summed E-state index contributed by atoms with van der Waals surface area (Å²) in [7, 11) is 0. The third-order valence-corrected chi connectivity index (χ3v) is 4.21. The van der Waals surface area contributed by atoms with Crippen LogP contribution in [-0.4, -0.2) is 16.1 Å². The van der Waals surface area contributed by atoms with Crippen molar-refractivity contribution in [2.24, 2.45) is 0 Å². The topological polar surface area (TPSA) is 84.6 Å². The number of thiazole rings is 1. The Balaban J connectivity index is 1.51. The lowest BCUT2D eigenvalue weighted by Gasteiger charge is -2.07. The molecular formula is C16H13ClN2O4S. The van der Waals surface area contributed by atoms with Crippen LogP contribution in [0.25, 0.3) is 0 Å². The fourth-order valence-corrected chi connectivity index (χ4v) is 2.87. The molecule has 0 spiro atoms. The fourth-order valence-electron chi connectivity index (χ4n) is 1.95. The van der Waals surface area contributed by atoms with E-state index in [0.717, 1.165) is 10.6 Å². The average Bonchev–Trinajstić information content (AvgIpc) is 3.21. The van der Waals surface area contributed by atoms with E-state index in [1.165, 1.54) is 17.4 Å². The first-order chi connectivity index (χ1) is 11.6. The number of carbonyl (C=O) groups is 1. The summed E-state index contributed by atoms with van der Waals surface area (Å²) in [6.45, 7) is 0.814. The van der Waals surface area contributed by atoms with Crippen molar-refractivity contribution in [3.8, 4) is 5.75 Å². The van der Waals surface area contributed by atoms with Gasteiger partial charge in [0.25, 0.3) is 0 Å². The van der Waals surface area contributed by atoms with Crippen molar-refractivity contribution in [3.63, 3.8) is 0 Å². The Hall–Kier alpha value is -2.51. The Bertz CT molecular complexity index is 829. The number of furan rings is 1. The number of hydrogen-bond donors (Lipinski definition) is 2. The maximum atomic E-state index is 10.7. The summed E-state index contributed by atoms with van der Waals surface area (Å²) in [5, 5.41) is 12.1. The van der Waals surface area contributed by atoms with E-state index in [2.05, 4.69) is 10.3 Å². The minimum atomic E-state index is -1.10. The maximum Gasteiger partial charge on any atom is 0.371 e. The van der Waals surface area contributed by atoms with E-state index < -0.39 is 5.97 Å². The molecule has 2 aromatic heterocycles. The lowest BCUT2D eigenvalue weighted by molar-refractivity contribution is 0.0658. The molecule has 0 amide bonds. The minimum Gasteiger partial charge on any atom is -0.486 e. The molecule has 0 aliphatic carbocycles. The molecule has 124 valence electrons. The van der Waals surface area contributed by atoms with E-state index in [4.69, 9.17) is 25.9 Å². The van der Waals surface area contributed by atoms with Crippen LogP contribution in [0.5, 0.6) is 5.75 Å². The zero-order valence-corrected chi connectivity index (χ0v) is 13.9. The van der Waals surface area contributed by atoms with Gasteiger partial charge in [-0.05, 0) is 36.4 Å². The third-order valence-electron chi connectivity index (χ3n) is 3.10. The lowest BCUT2D eigenvalue weighted by atomic mass is 10.3. The van der Waals surface area contributed by atoms with Gasteiger partial charge in [-0.2, -0.15) is 0 Å². The van der Waals surface area contributed by atoms with Crippen LogP contribution in [0.2, 0.25) is 4.47 Å². The summed E-state index contributed by atoms with van der Waals surface area (Å²) < 4.78 is 11.2. The predicted molar refractivity (Wildman–Crippen MR) is 90.9 cm³/mol. The van der Waals surface area contributed by atoms with Gasteiger partial charge >= 0.3 is 5.97 Å². The lowest BCUT2D eigenvalue weighted by Crippen LogP contribution is -1.98. The monoisotopic (exact) mass is 364 g/mol. The van der Waals surface area contributed by atoms with Crippen LogP contribution in [0.4, 0.5) is 5.69 Å². The normalized spacial score (nSPS) is 10.5. The van der Waals surface area contributed by atoms with Crippen LogP contribution >= 0.6 is 22.9 Å².